The van der Waals surface area contributed by atoms with Crippen molar-refractivity contribution in [3.05, 3.63) is 47.5 Å². The summed E-state index contributed by atoms with van der Waals surface area (Å²) < 4.78 is 0. The Kier molecular flexibility index (Phi) is 4.29. The summed E-state index contributed by atoms with van der Waals surface area (Å²) in [5, 5.41) is 0. The van der Waals surface area contributed by atoms with E-state index in [1.807, 2.05) is 36.4 Å². The van der Waals surface area contributed by atoms with E-state index >= 15 is 0 Å². The fraction of sp³-hybridized carbons (Fsp3) is 0.222. The largest absolute Gasteiger partial charge is 0.340 e. The molecule has 0 bridgehead atoms. The van der Waals surface area contributed by atoms with Crippen LogP contribution in [0.2, 0.25) is 0 Å². The molecule has 2 aromatic carbocycles. The molecule has 2 aromatic rings. The van der Waals surface area contributed by atoms with Gasteiger partial charge in [0.05, 0.1) is 11.4 Å². The molecule has 0 aromatic heterocycles. The van der Waals surface area contributed by atoms with E-state index < -0.39 is 0 Å². The first-order valence-electron chi connectivity index (χ1n) is 7.40. The van der Waals surface area contributed by atoms with Crippen molar-refractivity contribution in [3.8, 4) is 0 Å². The fourth-order valence-electron chi connectivity index (χ4n) is 2.62. The van der Waals surface area contributed by atoms with Crippen molar-refractivity contribution in [2.24, 2.45) is 0 Å². The Morgan fingerprint density at radius 3 is 1.95 bits per heavy atom. The van der Waals surface area contributed by atoms with Crippen molar-refractivity contribution in [2.45, 2.75) is 29.6 Å². The van der Waals surface area contributed by atoms with Crippen molar-refractivity contribution in [2.75, 3.05) is 11.4 Å². The van der Waals surface area contributed by atoms with E-state index in [1.54, 1.807) is 11.8 Å². The second kappa shape index (κ2) is 6.36. The lowest BCUT2D eigenvalue weighted by Crippen LogP contribution is -2.22. The van der Waals surface area contributed by atoms with E-state index in [0.29, 0.717) is 11.1 Å². The molecule has 0 unspecified atom stereocenters. The van der Waals surface area contributed by atoms with Gasteiger partial charge in [0.15, 0.2) is 0 Å². The monoisotopic (exact) mass is 311 g/mol. The average Bonchev–Trinajstić information content (AvgIpc) is 2.57. The van der Waals surface area contributed by atoms with Crippen molar-refractivity contribution in [3.63, 3.8) is 0 Å². The lowest BCUT2D eigenvalue weighted by molar-refractivity contribution is 0.111. The van der Waals surface area contributed by atoms with Gasteiger partial charge in [-0.1, -0.05) is 25.1 Å². The summed E-state index contributed by atoms with van der Waals surface area (Å²) in [4.78, 5) is 26.5. The molecule has 1 heterocycles. The molecule has 0 spiro atoms. The maximum atomic E-state index is 11.0. The number of carbonyl (C=O) groups excluding carboxylic acids is 2. The molecule has 0 fully saturated rings. The predicted octanol–water partition coefficient (Wildman–Crippen LogP) is 4.71. The van der Waals surface area contributed by atoms with E-state index in [9.17, 15) is 9.59 Å². The number of carbonyl (C=O) groups is 2. The van der Waals surface area contributed by atoms with Crippen LogP contribution in [-0.4, -0.2) is 19.1 Å². The van der Waals surface area contributed by atoms with Crippen molar-refractivity contribution < 1.29 is 9.59 Å². The Hall–Kier alpha value is -2.07. The molecule has 0 radical (unpaired) electrons. The summed E-state index contributed by atoms with van der Waals surface area (Å²) >= 11 is 1.62. The van der Waals surface area contributed by atoms with E-state index in [4.69, 9.17) is 0 Å². The van der Waals surface area contributed by atoms with Gasteiger partial charge in [-0.25, -0.2) is 0 Å². The minimum atomic E-state index is 0.677. The molecule has 0 atom stereocenters. The minimum Gasteiger partial charge on any atom is -0.340 e. The first-order chi connectivity index (χ1) is 10.8. The summed E-state index contributed by atoms with van der Waals surface area (Å²) in [5.74, 6) is 0. The number of hydrogen-bond acceptors (Lipinski definition) is 4. The smallest absolute Gasteiger partial charge is 0.150 e. The molecule has 22 heavy (non-hydrogen) atoms. The van der Waals surface area contributed by atoms with Crippen molar-refractivity contribution in [1.82, 2.24) is 0 Å². The van der Waals surface area contributed by atoms with Crippen LogP contribution in [0.5, 0.6) is 0 Å². The lowest BCUT2D eigenvalue weighted by atomic mass is 10.1. The highest BCUT2D eigenvalue weighted by Crippen LogP contribution is 2.48. The maximum Gasteiger partial charge on any atom is 0.150 e. The Morgan fingerprint density at radius 1 is 0.955 bits per heavy atom. The summed E-state index contributed by atoms with van der Waals surface area (Å²) in [6.07, 6.45) is 3.95. The van der Waals surface area contributed by atoms with Gasteiger partial charge in [0.1, 0.15) is 12.6 Å². The molecule has 3 rings (SSSR count). The first kappa shape index (κ1) is 14.9. The van der Waals surface area contributed by atoms with Gasteiger partial charge in [-0.2, -0.15) is 0 Å². The van der Waals surface area contributed by atoms with Crippen LogP contribution in [0, 0.1) is 0 Å². The Bertz CT molecular complexity index is 670. The van der Waals surface area contributed by atoms with Gasteiger partial charge in [-0.05, 0) is 42.8 Å². The molecule has 112 valence electrons. The quantitative estimate of drug-likeness (QED) is 0.749. The summed E-state index contributed by atoms with van der Waals surface area (Å²) in [6.45, 7) is 3.10. The molecule has 3 nitrogen and oxygen atoms in total. The van der Waals surface area contributed by atoms with Crippen LogP contribution >= 0.6 is 11.8 Å². The second-order valence-corrected chi connectivity index (χ2v) is 6.38. The maximum absolute atomic E-state index is 11.0. The van der Waals surface area contributed by atoms with Crippen LogP contribution in [0.1, 0.15) is 40.5 Å². The number of rotatable bonds is 5. The highest BCUT2D eigenvalue weighted by Gasteiger charge is 2.23. The van der Waals surface area contributed by atoms with Crippen LogP contribution in [0.25, 0.3) is 0 Å². The highest BCUT2D eigenvalue weighted by atomic mass is 32.2. The standard InChI is InChI=1S/C18H17NO2S/c1-2-3-8-19-15-6-4-13(11-20)9-17(15)22-18-10-14(12-21)5-7-16(18)19/h4-7,9-12H,2-3,8H2,1H3. The molecular weight excluding hydrogens is 294 g/mol. The zero-order valence-electron chi connectivity index (χ0n) is 12.4. The SMILES string of the molecule is CCCCN1c2ccc(C=O)cc2Sc2cc(C=O)ccc21. The van der Waals surface area contributed by atoms with E-state index in [1.165, 1.54) is 0 Å². The van der Waals surface area contributed by atoms with Crippen LogP contribution in [0.4, 0.5) is 11.4 Å². The molecule has 1 aliphatic heterocycles. The third kappa shape index (κ3) is 2.66. The van der Waals surface area contributed by atoms with Gasteiger partial charge in [-0.15, -0.1) is 0 Å². The number of aldehydes is 2. The van der Waals surface area contributed by atoms with Crippen LogP contribution in [0.15, 0.2) is 46.2 Å². The number of fused-ring (bicyclic) bond motifs is 2. The van der Waals surface area contributed by atoms with E-state index in [-0.39, 0.29) is 0 Å². The van der Waals surface area contributed by atoms with Crippen molar-refractivity contribution in [1.29, 1.82) is 0 Å². The molecule has 0 aliphatic carbocycles. The molecule has 1 aliphatic rings. The third-order valence-electron chi connectivity index (χ3n) is 3.78. The molecule has 0 saturated carbocycles. The van der Waals surface area contributed by atoms with Gasteiger partial charge in [0, 0.05) is 27.5 Å². The number of unbranched alkanes of at least 4 members (excludes halogenated alkanes) is 1. The lowest BCUT2D eigenvalue weighted by Gasteiger charge is -2.33. The molecule has 4 heteroatoms. The first-order valence-corrected chi connectivity index (χ1v) is 8.22. The predicted molar refractivity (Wildman–Crippen MR) is 89.7 cm³/mol. The second-order valence-electron chi connectivity index (χ2n) is 5.30. The Labute approximate surface area is 134 Å². The van der Waals surface area contributed by atoms with Crippen LogP contribution in [0.3, 0.4) is 0 Å². The zero-order chi connectivity index (χ0) is 15.5. The minimum absolute atomic E-state index is 0.677. The summed E-state index contributed by atoms with van der Waals surface area (Å²) in [7, 11) is 0. The van der Waals surface area contributed by atoms with Gasteiger partial charge in [0.25, 0.3) is 0 Å². The third-order valence-corrected chi connectivity index (χ3v) is 4.87. The van der Waals surface area contributed by atoms with E-state index in [0.717, 1.165) is 53.1 Å². The molecule has 0 N–H and O–H groups in total. The number of benzene rings is 2. The van der Waals surface area contributed by atoms with Gasteiger partial charge in [0.2, 0.25) is 0 Å². The summed E-state index contributed by atoms with van der Waals surface area (Å²) in [6, 6.07) is 11.6. The van der Waals surface area contributed by atoms with Gasteiger partial charge in [-0.3, -0.25) is 9.59 Å². The normalized spacial score (nSPS) is 12.5. The van der Waals surface area contributed by atoms with Crippen LogP contribution < -0.4 is 4.90 Å². The number of hydrogen-bond donors (Lipinski definition) is 0. The molecule has 0 saturated heterocycles. The topological polar surface area (TPSA) is 37.4 Å². The average molecular weight is 311 g/mol. The molecular formula is C18H17NO2S. The zero-order valence-corrected chi connectivity index (χ0v) is 13.2. The fourth-order valence-corrected chi connectivity index (χ4v) is 3.82. The summed E-state index contributed by atoms with van der Waals surface area (Å²) in [5.41, 5.74) is 3.62. The van der Waals surface area contributed by atoms with Crippen molar-refractivity contribution >= 4 is 35.7 Å². The van der Waals surface area contributed by atoms with Gasteiger partial charge < -0.3 is 4.90 Å². The highest BCUT2D eigenvalue weighted by molar-refractivity contribution is 7.99. The molecule has 0 amide bonds. The van der Waals surface area contributed by atoms with Gasteiger partial charge >= 0.3 is 0 Å². The Morgan fingerprint density at radius 2 is 1.50 bits per heavy atom. The number of nitrogens with zero attached hydrogens (tertiary/aromatic N) is 1. The Balaban J connectivity index is 2.09. The number of anilines is 2. The van der Waals surface area contributed by atoms with Crippen LogP contribution in [-0.2, 0) is 0 Å². The van der Waals surface area contributed by atoms with E-state index in [2.05, 4.69) is 11.8 Å².